The number of nitrogens with two attached hydrogens (primary N) is 2. The highest BCUT2D eigenvalue weighted by molar-refractivity contribution is 6.32. The number of nitrogen functional groups attached to an aromatic ring is 2. The van der Waals surface area contributed by atoms with E-state index in [0.29, 0.717) is 11.3 Å². The fraction of sp³-hybridized carbons (Fsp3) is 0.318. The van der Waals surface area contributed by atoms with E-state index in [4.69, 9.17) is 11.5 Å². The Kier molecular flexibility index (Phi) is 4.96. The Morgan fingerprint density at radius 2 is 1.89 bits per heavy atom. The summed E-state index contributed by atoms with van der Waals surface area (Å²) in [6.45, 7) is 5.07. The molecule has 0 radical (unpaired) electrons. The lowest BCUT2D eigenvalue weighted by Crippen LogP contribution is -2.29. The van der Waals surface area contributed by atoms with E-state index in [1.807, 2.05) is 31.2 Å². The Morgan fingerprint density at radius 3 is 2.64 bits per heavy atom. The number of nitrogens with one attached hydrogen (secondary N) is 2. The van der Waals surface area contributed by atoms with E-state index in [0.717, 1.165) is 53.5 Å². The van der Waals surface area contributed by atoms with Gasteiger partial charge in [0.25, 0.3) is 5.91 Å². The van der Waals surface area contributed by atoms with Gasteiger partial charge < -0.3 is 22.1 Å². The van der Waals surface area contributed by atoms with Crippen molar-refractivity contribution in [2.75, 3.05) is 35.2 Å². The van der Waals surface area contributed by atoms with Crippen LogP contribution in [0, 0.1) is 0 Å². The maximum Gasteiger partial charge on any atom is 0.258 e. The second kappa shape index (κ2) is 7.56. The molecular weight excluding hydrogens is 350 g/mol. The number of amides is 1. The number of likely N-dealkylation sites (tertiary alicyclic amines) is 1. The van der Waals surface area contributed by atoms with Crippen molar-refractivity contribution >= 4 is 34.2 Å². The Hall–Kier alpha value is -2.99. The van der Waals surface area contributed by atoms with Crippen LogP contribution in [0.4, 0.5) is 22.7 Å². The maximum atomic E-state index is 12.4. The van der Waals surface area contributed by atoms with Crippen LogP contribution in [-0.2, 0) is 11.3 Å². The number of hydrogen-bond donors (Lipinski definition) is 4. The van der Waals surface area contributed by atoms with Crippen LogP contribution in [0.2, 0.25) is 0 Å². The maximum absolute atomic E-state index is 12.4. The van der Waals surface area contributed by atoms with Crippen LogP contribution in [0.1, 0.15) is 37.3 Å². The van der Waals surface area contributed by atoms with Crippen LogP contribution in [-0.4, -0.2) is 23.9 Å². The summed E-state index contributed by atoms with van der Waals surface area (Å²) in [4.78, 5) is 14.9. The number of carbonyl (C=O) groups is 1. The molecule has 0 unspecified atom stereocenters. The first-order valence-electron chi connectivity index (χ1n) is 9.81. The van der Waals surface area contributed by atoms with Gasteiger partial charge in [-0.15, -0.1) is 0 Å². The third kappa shape index (κ3) is 3.68. The lowest BCUT2D eigenvalue weighted by atomic mass is 10.0. The van der Waals surface area contributed by atoms with Crippen LogP contribution in [0.5, 0.6) is 0 Å². The monoisotopic (exact) mass is 377 g/mol. The highest BCUT2D eigenvalue weighted by atomic mass is 16.2. The molecule has 0 saturated carbocycles. The number of allylic oxidation sites excluding steroid dienone is 1. The molecule has 0 aromatic heterocycles. The highest BCUT2D eigenvalue weighted by Gasteiger charge is 2.26. The van der Waals surface area contributed by atoms with Crippen LogP contribution in [0.25, 0.3) is 5.57 Å². The van der Waals surface area contributed by atoms with Gasteiger partial charge in [0, 0.05) is 40.6 Å². The number of fused-ring (bicyclic) bond motifs is 1. The van der Waals surface area contributed by atoms with Gasteiger partial charge >= 0.3 is 0 Å². The number of piperidine rings is 1. The first-order chi connectivity index (χ1) is 13.5. The van der Waals surface area contributed by atoms with Gasteiger partial charge in [-0.05, 0) is 68.8 Å². The third-order valence-corrected chi connectivity index (χ3v) is 5.48. The van der Waals surface area contributed by atoms with Crippen molar-refractivity contribution in [2.24, 2.45) is 0 Å². The molecule has 0 atom stereocenters. The summed E-state index contributed by atoms with van der Waals surface area (Å²) < 4.78 is 0. The molecule has 2 aromatic rings. The van der Waals surface area contributed by atoms with E-state index in [-0.39, 0.29) is 5.91 Å². The minimum atomic E-state index is -0.125. The second-order valence-electron chi connectivity index (χ2n) is 7.63. The van der Waals surface area contributed by atoms with E-state index in [1.165, 1.54) is 19.3 Å². The number of benzene rings is 2. The van der Waals surface area contributed by atoms with E-state index >= 15 is 0 Å². The van der Waals surface area contributed by atoms with Gasteiger partial charge in [-0.2, -0.15) is 0 Å². The van der Waals surface area contributed by atoms with Crippen molar-refractivity contribution in [3.63, 3.8) is 0 Å². The zero-order valence-corrected chi connectivity index (χ0v) is 16.2. The Bertz CT molecular complexity index is 944. The summed E-state index contributed by atoms with van der Waals surface area (Å²) in [5.41, 5.74) is 18.6. The normalized spacial score (nSPS) is 18.5. The highest BCUT2D eigenvalue weighted by Crippen LogP contribution is 2.35. The summed E-state index contributed by atoms with van der Waals surface area (Å²) in [5, 5.41) is 6.22. The van der Waals surface area contributed by atoms with E-state index in [2.05, 4.69) is 21.6 Å². The van der Waals surface area contributed by atoms with Crippen molar-refractivity contribution in [3.05, 3.63) is 53.2 Å². The molecule has 6 nitrogen and oxygen atoms in total. The SMILES string of the molecule is C/C(Nc1ccc(CN2CCCCC2)c(N)c1)=C1/C(=O)Nc2ccc(N)cc21. The van der Waals surface area contributed by atoms with E-state index in [1.54, 1.807) is 6.07 Å². The average Bonchev–Trinajstić information content (AvgIpc) is 3.00. The molecule has 1 fully saturated rings. The molecule has 1 amide bonds. The summed E-state index contributed by atoms with van der Waals surface area (Å²) in [7, 11) is 0. The van der Waals surface area contributed by atoms with Crippen molar-refractivity contribution in [2.45, 2.75) is 32.7 Å². The molecule has 4 rings (SSSR count). The van der Waals surface area contributed by atoms with Crippen molar-refractivity contribution in [3.8, 4) is 0 Å². The number of nitrogens with zero attached hydrogens (tertiary/aromatic N) is 1. The van der Waals surface area contributed by atoms with Gasteiger partial charge in [0.05, 0.1) is 5.57 Å². The standard InChI is InChI=1S/C22H27N5O/c1-14(21-18-11-16(23)6-8-20(18)26-22(21)28)25-17-7-5-15(19(24)12-17)13-27-9-3-2-4-10-27/h5-8,11-12,25H,2-4,9-10,13,23-24H2,1H3,(H,26,28)/b21-14-. The molecule has 1 saturated heterocycles. The number of anilines is 4. The van der Waals surface area contributed by atoms with Crippen molar-refractivity contribution in [1.29, 1.82) is 0 Å². The van der Waals surface area contributed by atoms with Crippen LogP contribution in [0.3, 0.4) is 0 Å². The van der Waals surface area contributed by atoms with Gasteiger partial charge in [-0.1, -0.05) is 12.5 Å². The summed E-state index contributed by atoms with van der Waals surface area (Å²) in [6, 6.07) is 11.5. The van der Waals surface area contributed by atoms with Crippen molar-refractivity contribution in [1.82, 2.24) is 4.90 Å². The van der Waals surface area contributed by atoms with Gasteiger partial charge in [0.2, 0.25) is 0 Å². The molecule has 2 aromatic carbocycles. The molecular formula is C22H27N5O. The van der Waals surface area contributed by atoms with Crippen LogP contribution < -0.4 is 22.1 Å². The molecule has 6 N–H and O–H groups in total. The zero-order chi connectivity index (χ0) is 19.7. The van der Waals surface area contributed by atoms with Gasteiger partial charge in [-0.25, -0.2) is 0 Å². The fourth-order valence-corrected chi connectivity index (χ4v) is 4.01. The molecule has 2 heterocycles. The number of hydrogen-bond acceptors (Lipinski definition) is 5. The first kappa shape index (κ1) is 18.4. The third-order valence-electron chi connectivity index (χ3n) is 5.48. The van der Waals surface area contributed by atoms with E-state index in [9.17, 15) is 4.79 Å². The largest absolute Gasteiger partial charge is 0.399 e. The molecule has 0 bridgehead atoms. The van der Waals surface area contributed by atoms with Crippen LogP contribution >= 0.6 is 0 Å². The molecule has 146 valence electrons. The molecule has 0 aliphatic carbocycles. The Labute approximate surface area is 165 Å². The minimum Gasteiger partial charge on any atom is -0.399 e. The zero-order valence-electron chi connectivity index (χ0n) is 16.2. The van der Waals surface area contributed by atoms with Crippen LogP contribution in [0.15, 0.2) is 42.1 Å². The Morgan fingerprint density at radius 1 is 1.11 bits per heavy atom. The molecule has 6 heteroatoms. The predicted octanol–water partition coefficient (Wildman–Crippen LogP) is 3.63. The lowest BCUT2D eigenvalue weighted by Gasteiger charge is -2.27. The summed E-state index contributed by atoms with van der Waals surface area (Å²) >= 11 is 0. The molecule has 28 heavy (non-hydrogen) atoms. The van der Waals surface area contributed by atoms with E-state index < -0.39 is 0 Å². The number of carbonyl (C=O) groups excluding carboxylic acids is 1. The topological polar surface area (TPSA) is 96.4 Å². The first-order valence-corrected chi connectivity index (χ1v) is 9.81. The number of rotatable bonds is 4. The van der Waals surface area contributed by atoms with Gasteiger partial charge in [0.1, 0.15) is 0 Å². The minimum absolute atomic E-state index is 0.125. The fourth-order valence-electron chi connectivity index (χ4n) is 4.01. The average molecular weight is 377 g/mol. The summed E-state index contributed by atoms with van der Waals surface area (Å²) in [5.74, 6) is -0.125. The lowest BCUT2D eigenvalue weighted by molar-refractivity contribution is -0.110. The second-order valence-corrected chi connectivity index (χ2v) is 7.63. The van der Waals surface area contributed by atoms with Gasteiger partial charge in [-0.3, -0.25) is 9.69 Å². The van der Waals surface area contributed by atoms with Crippen molar-refractivity contribution < 1.29 is 4.79 Å². The predicted molar refractivity (Wildman–Crippen MR) is 116 cm³/mol. The molecule has 2 aliphatic heterocycles. The van der Waals surface area contributed by atoms with Gasteiger partial charge in [0.15, 0.2) is 0 Å². The molecule has 2 aliphatic rings. The Balaban J connectivity index is 1.54. The molecule has 0 spiro atoms. The summed E-state index contributed by atoms with van der Waals surface area (Å²) in [6.07, 6.45) is 3.85. The smallest absolute Gasteiger partial charge is 0.258 e. The quantitative estimate of drug-likeness (QED) is 0.482.